The average molecular weight is 271 g/mol. The van der Waals surface area contributed by atoms with Crippen LogP contribution in [0.5, 0.6) is 0 Å². The summed E-state index contributed by atoms with van der Waals surface area (Å²) < 4.78 is 0. The van der Waals surface area contributed by atoms with E-state index in [0.29, 0.717) is 25.3 Å². The normalized spacial score (nSPS) is 18.9. The van der Waals surface area contributed by atoms with Crippen molar-refractivity contribution in [2.24, 2.45) is 11.7 Å². The number of hydrogen-bond acceptors (Lipinski definition) is 5. The summed E-state index contributed by atoms with van der Waals surface area (Å²) in [6.07, 6.45) is 0.622. The first kappa shape index (κ1) is 12.6. The second kappa shape index (κ2) is 4.77. The Morgan fingerprint density at radius 2 is 2.33 bits per heavy atom. The predicted molar refractivity (Wildman–Crippen MR) is 65.4 cm³/mol. The van der Waals surface area contributed by atoms with Gasteiger partial charge in [0, 0.05) is 13.1 Å². The minimum absolute atomic E-state index is 0.0572. The van der Waals surface area contributed by atoms with E-state index in [1.54, 1.807) is 4.90 Å². The third-order valence-electron chi connectivity index (χ3n) is 2.89. The lowest BCUT2D eigenvalue weighted by Crippen LogP contribution is -2.27. The van der Waals surface area contributed by atoms with E-state index < -0.39 is 4.92 Å². The molecule has 0 aromatic carbocycles. The van der Waals surface area contributed by atoms with Crippen LogP contribution in [0.1, 0.15) is 6.42 Å². The number of halogens is 1. The lowest BCUT2D eigenvalue weighted by Gasteiger charge is -2.16. The molecule has 0 bridgehead atoms. The van der Waals surface area contributed by atoms with E-state index in [2.05, 4.69) is 4.98 Å². The van der Waals surface area contributed by atoms with Gasteiger partial charge in [-0.15, -0.1) is 0 Å². The third-order valence-corrected chi connectivity index (χ3v) is 3.08. The maximum Gasteiger partial charge on any atom is 0.276 e. The minimum atomic E-state index is -0.529. The Bertz CT molecular complexity index is 508. The first-order valence-corrected chi connectivity index (χ1v) is 5.71. The molecule has 1 amide bonds. The van der Waals surface area contributed by atoms with Crippen LogP contribution in [-0.4, -0.2) is 28.9 Å². The molecule has 0 radical (unpaired) electrons. The van der Waals surface area contributed by atoms with Crippen LogP contribution in [0, 0.1) is 16.0 Å². The zero-order chi connectivity index (χ0) is 13.3. The van der Waals surface area contributed by atoms with E-state index >= 15 is 0 Å². The van der Waals surface area contributed by atoms with Crippen molar-refractivity contribution in [3.63, 3.8) is 0 Å². The predicted octanol–water partition coefficient (Wildman–Crippen LogP) is 0.955. The lowest BCUT2D eigenvalue weighted by atomic mass is 10.1. The summed E-state index contributed by atoms with van der Waals surface area (Å²) in [7, 11) is 0. The first-order valence-electron chi connectivity index (χ1n) is 5.33. The number of carbonyl (C=O) groups is 1. The smallest absolute Gasteiger partial charge is 0.276 e. The van der Waals surface area contributed by atoms with Gasteiger partial charge in [0.1, 0.15) is 11.0 Å². The number of nitrogens with zero attached hydrogens (tertiary/aromatic N) is 3. The highest BCUT2D eigenvalue weighted by Crippen LogP contribution is 2.27. The molecule has 1 atom stereocenters. The van der Waals surface area contributed by atoms with E-state index in [4.69, 9.17) is 17.3 Å². The summed E-state index contributed by atoms with van der Waals surface area (Å²) >= 11 is 5.74. The third kappa shape index (κ3) is 2.51. The zero-order valence-electron chi connectivity index (χ0n) is 9.38. The molecule has 7 nitrogen and oxygen atoms in total. The van der Waals surface area contributed by atoms with Gasteiger partial charge in [0.15, 0.2) is 0 Å². The Kier molecular flexibility index (Phi) is 3.33. The van der Waals surface area contributed by atoms with Crippen LogP contribution in [0.2, 0.25) is 5.15 Å². The molecule has 0 aliphatic carbocycles. The van der Waals surface area contributed by atoms with Crippen LogP contribution in [0.15, 0.2) is 12.1 Å². The number of rotatable bonds is 3. The van der Waals surface area contributed by atoms with Crippen molar-refractivity contribution in [3.05, 3.63) is 27.4 Å². The van der Waals surface area contributed by atoms with Gasteiger partial charge in [0.05, 0.1) is 23.0 Å². The highest BCUT2D eigenvalue weighted by Gasteiger charge is 2.28. The van der Waals surface area contributed by atoms with Crippen LogP contribution in [0.3, 0.4) is 0 Å². The number of pyridine rings is 1. The highest BCUT2D eigenvalue weighted by atomic mass is 35.5. The molecule has 1 aromatic heterocycles. The standard InChI is InChI=1S/C10H11ClN4O3/c11-8-3-7(15(17)18)4-9(13-8)14-2-1-6(5-14)10(12)16/h3-4,6H,1-2,5H2,(H2,12,16). The van der Waals surface area contributed by atoms with E-state index in [1.807, 2.05) is 0 Å². The van der Waals surface area contributed by atoms with E-state index in [9.17, 15) is 14.9 Å². The van der Waals surface area contributed by atoms with Crippen LogP contribution in [0.25, 0.3) is 0 Å². The van der Waals surface area contributed by atoms with Gasteiger partial charge in [0.25, 0.3) is 5.69 Å². The van der Waals surface area contributed by atoms with E-state index in [1.165, 1.54) is 12.1 Å². The van der Waals surface area contributed by atoms with Crippen molar-refractivity contribution in [3.8, 4) is 0 Å². The van der Waals surface area contributed by atoms with Crippen LogP contribution in [0.4, 0.5) is 11.5 Å². The van der Waals surface area contributed by atoms with Crippen molar-refractivity contribution < 1.29 is 9.72 Å². The molecule has 1 aromatic rings. The fraction of sp³-hybridized carbons (Fsp3) is 0.400. The number of amides is 1. The molecule has 2 rings (SSSR count). The van der Waals surface area contributed by atoms with Gasteiger partial charge in [-0.1, -0.05) is 11.6 Å². The van der Waals surface area contributed by atoms with Gasteiger partial charge in [-0.3, -0.25) is 14.9 Å². The van der Waals surface area contributed by atoms with Gasteiger partial charge in [-0.05, 0) is 6.42 Å². The topological polar surface area (TPSA) is 102 Å². The second-order valence-electron chi connectivity index (χ2n) is 4.10. The van der Waals surface area contributed by atoms with Crippen molar-refractivity contribution in [1.82, 2.24) is 4.98 Å². The quantitative estimate of drug-likeness (QED) is 0.500. The maximum atomic E-state index is 11.1. The molecule has 1 unspecified atom stereocenters. The Morgan fingerprint density at radius 3 is 2.89 bits per heavy atom. The number of hydrogen-bond donors (Lipinski definition) is 1. The van der Waals surface area contributed by atoms with Crippen molar-refractivity contribution >= 4 is 29.0 Å². The van der Waals surface area contributed by atoms with Crippen LogP contribution < -0.4 is 10.6 Å². The largest absolute Gasteiger partial charge is 0.369 e. The molecular weight excluding hydrogens is 260 g/mol. The number of aromatic nitrogens is 1. The summed E-state index contributed by atoms with van der Waals surface area (Å²) in [4.78, 5) is 27.1. The van der Waals surface area contributed by atoms with E-state index in [-0.39, 0.29) is 22.7 Å². The Balaban J connectivity index is 2.24. The van der Waals surface area contributed by atoms with Gasteiger partial charge in [-0.25, -0.2) is 4.98 Å². The Hall–Kier alpha value is -1.89. The molecule has 2 heterocycles. The molecule has 1 aliphatic rings. The average Bonchev–Trinajstić information content (AvgIpc) is 2.77. The number of primary amides is 1. The van der Waals surface area contributed by atoms with Crippen molar-refractivity contribution in [1.29, 1.82) is 0 Å². The molecule has 8 heteroatoms. The van der Waals surface area contributed by atoms with Gasteiger partial charge in [0.2, 0.25) is 5.91 Å². The summed E-state index contributed by atoms with van der Waals surface area (Å²) in [5.41, 5.74) is 5.11. The van der Waals surface area contributed by atoms with Crippen molar-refractivity contribution in [2.45, 2.75) is 6.42 Å². The highest BCUT2D eigenvalue weighted by molar-refractivity contribution is 6.29. The number of nitro groups is 1. The lowest BCUT2D eigenvalue weighted by molar-refractivity contribution is -0.384. The molecule has 18 heavy (non-hydrogen) atoms. The fourth-order valence-electron chi connectivity index (χ4n) is 1.94. The number of nitrogens with two attached hydrogens (primary N) is 1. The molecular formula is C10H11ClN4O3. The Labute approximate surface area is 108 Å². The molecule has 1 saturated heterocycles. The summed E-state index contributed by atoms with van der Waals surface area (Å²) in [5, 5.41) is 10.8. The van der Waals surface area contributed by atoms with Gasteiger partial charge < -0.3 is 10.6 Å². The molecule has 0 spiro atoms. The number of carbonyl (C=O) groups excluding carboxylic acids is 1. The maximum absolute atomic E-state index is 11.1. The SMILES string of the molecule is NC(=O)C1CCN(c2cc([N+](=O)[O-])cc(Cl)n2)C1. The Morgan fingerprint density at radius 1 is 1.61 bits per heavy atom. The summed E-state index contributed by atoms with van der Waals surface area (Å²) in [5.74, 6) is -0.211. The molecule has 1 fully saturated rings. The summed E-state index contributed by atoms with van der Waals surface area (Å²) in [6, 6.07) is 2.53. The minimum Gasteiger partial charge on any atom is -0.369 e. The zero-order valence-corrected chi connectivity index (χ0v) is 10.1. The van der Waals surface area contributed by atoms with Gasteiger partial charge >= 0.3 is 0 Å². The molecule has 2 N–H and O–H groups in total. The van der Waals surface area contributed by atoms with Gasteiger partial charge in [-0.2, -0.15) is 0 Å². The van der Waals surface area contributed by atoms with E-state index in [0.717, 1.165) is 0 Å². The number of anilines is 1. The first-order chi connectivity index (χ1) is 8.47. The monoisotopic (exact) mass is 270 g/mol. The molecule has 0 saturated carbocycles. The molecule has 1 aliphatic heterocycles. The second-order valence-corrected chi connectivity index (χ2v) is 4.48. The van der Waals surface area contributed by atoms with Crippen molar-refractivity contribution in [2.75, 3.05) is 18.0 Å². The fourth-order valence-corrected chi connectivity index (χ4v) is 2.14. The van der Waals surface area contributed by atoms with Crippen LogP contribution in [-0.2, 0) is 4.79 Å². The van der Waals surface area contributed by atoms with Crippen LogP contribution >= 0.6 is 11.6 Å². The molecule has 96 valence electrons. The summed E-state index contributed by atoms with van der Waals surface area (Å²) in [6.45, 7) is 0.998.